The molecule has 1 aromatic heterocycles. The lowest BCUT2D eigenvalue weighted by Crippen LogP contribution is -1.96. The van der Waals surface area contributed by atoms with Gasteiger partial charge >= 0.3 is 0 Å². The topological polar surface area (TPSA) is 37.9 Å². The summed E-state index contributed by atoms with van der Waals surface area (Å²) >= 11 is 5.90. The van der Waals surface area contributed by atoms with Crippen LogP contribution in [0.5, 0.6) is 5.75 Å². The van der Waals surface area contributed by atoms with E-state index >= 15 is 0 Å². The number of ether oxygens (including phenoxy) is 1. The number of halogens is 2. The van der Waals surface area contributed by atoms with Gasteiger partial charge in [0.25, 0.3) is 0 Å². The van der Waals surface area contributed by atoms with Crippen LogP contribution in [0.4, 0.5) is 4.39 Å². The van der Waals surface area contributed by atoms with Crippen molar-refractivity contribution in [3.05, 3.63) is 69.1 Å². The maximum absolute atomic E-state index is 13.4. The van der Waals surface area contributed by atoms with E-state index in [-0.39, 0.29) is 5.02 Å². The summed E-state index contributed by atoms with van der Waals surface area (Å²) in [6.45, 7) is 2.13. The lowest BCUT2D eigenvalue weighted by molar-refractivity contribution is 0.410. The fourth-order valence-electron chi connectivity index (χ4n) is 3.51. The molecule has 128 valence electrons. The maximum Gasteiger partial charge on any atom is 0.141 e. The van der Waals surface area contributed by atoms with Crippen LogP contribution in [-0.4, -0.2) is 17.3 Å². The highest BCUT2D eigenvalue weighted by molar-refractivity contribution is 6.30. The monoisotopic (exact) mass is 356 g/mol. The third-order valence-electron chi connectivity index (χ3n) is 4.83. The Morgan fingerprint density at radius 2 is 2.12 bits per heavy atom. The minimum absolute atomic E-state index is 0.147. The lowest BCUT2D eigenvalue weighted by atomic mass is 10.0. The van der Waals surface area contributed by atoms with E-state index in [1.807, 2.05) is 0 Å². The van der Waals surface area contributed by atoms with Crippen molar-refractivity contribution in [2.75, 3.05) is 7.11 Å². The number of benzene rings is 2. The molecule has 3 nitrogen and oxygen atoms in total. The van der Waals surface area contributed by atoms with Gasteiger partial charge in [0.2, 0.25) is 0 Å². The first-order valence-corrected chi connectivity index (χ1v) is 8.68. The fourth-order valence-corrected chi connectivity index (χ4v) is 3.72. The first kappa shape index (κ1) is 16.2. The lowest BCUT2D eigenvalue weighted by Gasteiger charge is -2.09. The van der Waals surface area contributed by atoms with Crippen LogP contribution in [0.15, 0.2) is 30.3 Å². The molecule has 0 saturated carbocycles. The Bertz CT molecular complexity index is 965. The summed E-state index contributed by atoms with van der Waals surface area (Å²) < 4.78 is 18.9. The Morgan fingerprint density at radius 1 is 1.28 bits per heavy atom. The zero-order valence-electron chi connectivity index (χ0n) is 14.1. The average Bonchev–Trinajstić information content (AvgIpc) is 3.16. The third-order valence-corrected chi connectivity index (χ3v) is 5.12. The van der Waals surface area contributed by atoms with Crippen LogP contribution in [0, 0.1) is 5.82 Å². The molecule has 0 saturated heterocycles. The Labute approximate surface area is 150 Å². The highest BCUT2D eigenvalue weighted by Crippen LogP contribution is 2.40. The second-order valence-electron chi connectivity index (χ2n) is 6.31. The molecule has 1 aliphatic carbocycles. The molecule has 0 atom stereocenters. The molecule has 1 N–H and O–H groups in total. The molecule has 0 spiro atoms. The highest BCUT2D eigenvalue weighted by atomic mass is 35.5. The number of hydrogen-bond donors (Lipinski definition) is 1. The predicted molar refractivity (Wildman–Crippen MR) is 97.0 cm³/mol. The molecule has 2 aromatic carbocycles. The Morgan fingerprint density at radius 3 is 2.84 bits per heavy atom. The summed E-state index contributed by atoms with van der Waals surface area (Å²) in [5, 5.41) is 7.80. The summed E-state index contributed by atoms with van der Waals surface area (Å²) in [7, 11) is 1.70. The highest BCUT2D eigenvalue weighted by Gasteiger charge is 2.26. The van der Waals surface area contributed by atoms with Crippen LogP contribution in [0.1, 0.15) is 34.9 Å². The minimum Gasteiger partial charge on any atom is -0.496 e. The van der Waals surface area contributed by atoms with Crippen molar-refractivity contribution in [3.8, 4) is 17.0 Å². The Hall–Kier alpha value is -2.33. The second kappa shape index (κ2) is 6.19. The van der Waals surface area contributed by atoms with Gasteiger partial charge in [0.15, 0.2) is 0 Å². The number of methoxy groups -OCH3 is 1. The maximum atomic E-state index is 13.4. The number of hydrogen-bond acceptors (Lipinski definition) is 2. The molecular formula is C20H18ClFN2O. The predicted octanol–water partition coefficient (Wildman–Crippen LogP) is 4.94. The minimum atomic E-state index is -0.396. The Kier molecular flexibility index (Phi) is 4.00. The zero-order valence-corrected chi connectivity index (χ0v) is 14.9. The molecule has 25 heavy (non-hydrogen) atoms. The number of aryl methyl sites for hydroxylation is 1. The number of H-pyrrole nitrogens is 1. The molecule has 3 aromatic rings. The Balaban J connectivity index is 1.70. The van der Waals surface area contributed by atoms with Crippen molar-refractivity contribution in [3.63, 3.8) is 0 Å². The van der Waals surface area contributed by atoms with Crippen molar-refractivity contribution in [2.45, 2.75) is 26.2 Å². The average molecular weight is 357 g/mol. The molecule has 1 aliphatic rings. The van der Waals surface area contributed by atoms with Crippen LogP contribution >= 0.6 is 11.6 Å². The van der Waals surface area contributed by atoms with Gasteiger partial charge in [-0.1, -0.05) is 30.7 Å². The molecule has 0 radical (unpaired) electrons. The van der Waals surface area contributed by atoms with Gasteiger partial charge in [0.1, 0.15) is 11.6 Å². The molecular weight excluding hydrogens is 339 g/mol. The number of rotatable bonds is 4. The van der Waals surface area contributed by atoms with Crippen LogP contribution in [0.25, 0.3) is 11.3 Å². The van der Waals surface area contributed by atoms with Gasteiger partial charge in [-0.2, -0.15) is 5.10 Å². The van der Waals surface area contributed by atoms with E-state index in [0.29, 0.717) is 6.42 Å². The largest absolute Gasteiger partial charge is 0.496 e. The third kappa shape index (κ3) is 2.71. The molecule has 1 heterocycles. The standard InChI is InChI=1S/C20H18ClFN2O/c1-3-12-8-13-9-15-18(7-11-4-5-17(22)16(21)6-11)23-24-20(15)14(13)10-19(12)25-2/h4-6,8,10H,3,7,9H2,1-2H3,(H,23,24). The van der Waals surface area contributed by atoms with E-state index in [1.165, 1.54) is 22.8 Å². The number of aromatic amines is 1. The smallest absolute Gasteiger partial charge is 0.141 e. The van der Waals surface area contributed by atoms with Gasteiger partial charge in [0.05, 0.1) is 17.8 Å². The van der Waals surface area contributed by atoms with Crippen LogP contribution in [-0.2, 0) is 19.3 Å². The SMILES string of the molecule is CCc1cc2c(cc1OC)-c1n[nH]c(Cc3ccc(F)c(Cl)c3)c1C2. The van der Waals surface area contributed by atoms with Gasteiger partial charge < -0.3 is 4.74 Å². The summed E-state index contributed by atoms with van der Waals surface area (Å²) in [6.07, 6.45) is 2.43. The summed E-state index contributed by atoms with van der Waals surface area (Å²) in [4.78, 5) is 0. The van der Waals surface area contributed by atoms with Crippen molar-refractivity contribution < 1.29 is 9.13 Å². The summed E-state index contributed by atoms with van der Waals surface area (Å²) in [6, 6.07) is 9.13. The number of nitrogens with zero attached hydrogens (tertiary/aromatic N) is 1. The van der Waals surface area contributed by atoms with Crippen LogP contribution in [0.2, 0.25) is 5.02 Å². The number of nitrogens with one attached hydrogen (secondary N) is 1. The van der Waals surface area contributed by atoms with E-state index in [9.17, 15) is 4.39 Å². The summed E-state index contributed by atoms with van der Waals surface area (Å²) in [5.74, 6) is 0.510. The van der Waals surface area contributed by atoms with Gasteiger partial charge in [-0.25, -0.2) is 4.39 Å². The van der Waals surface area contributed by atoms with E-state index in [1.54, 1.807) is 19.2 Å². The van der Waals surface area contributed by atoms with E-state index < -0.39 is 5.82 Å². The molecule has 0 unspecified atom stereocenters. The van der Waals surface area contributed by atoms with Crippen LogP contribution in [0.3, 0.4) is 0 Å². The molecule has 5 heteroatoms. The normalized spacial score (nSPS) is 12.2. The van der Waals surface area contributed by atoms with Crippen molar-refractivity contribution in [1.82, 2.24) is 10.2 Å². The van der Waals surface area contributed by atoms with E-state index in [0.717, 1.165) is 41.1 Å². The number of aromatic nitrogens is 2. The number of fused-ring (bicyclic) bond motifs is 3. The van der Waals surface area contributed by atoms with Gasteiger partial charge in [-0.15, -0.1) is 0 Å². The molecule has 0 amide bonds. The second-order valence-corrected chi connectivity index (χ2v) is 6.71. The molecule has 0 fully saturated rings. The van der Waals surface area contributed by atoms with E-state index in [4.69, 9.17) is 16.3 Å². The molecule has 0 aliphatic heterocycles. The van der Waals surface area contributed by atoms with Crippen molar-refractivity contribution in [2.24, 2.45) is 0 Å². The summed E-state index contributed by atoms with van der Waals surface area (Å²) in [5.41, 5.74) is 7.81. The van der Waals surface area contributed by atoms with Crippen molar-refractivity contribution in [1.29, 1.82) is 0 Å². The molecule has 4 rings (SSSR count). The van der Waals surface area contributed by atoms with Crippen LogP contribution < -0.4 is 4.74 Å². The fraction of sp³-hybridized carbons (Fsp3) is 0.250. The van der Waals surface area contributed by atoms with Gasteiger partial charge in [-0.3, -0.25) is 5.10 Å². The molecule has 0 bridgehead atoms. The van der Waals surface area contributed by atoms with Gasteiger partial charge in [0, 0.05) is 29.7 Å². The van der Waals surface area contributed by atoms with Gasteiger partial charge in [-0.05, 0) is 41.3 Å². The first-order valence-electron chi connectivity index (χ1n) is 8.31. The van der Waals surface area contributed by atoms with E-state index in [2.05, 4.69) is 29.3 Å². The van der Waals surface area contributed by atoms with Crippen molar-refractivity contribution >= 4 is 11.6 Å². The zero-order chi connectivity index (χ0) is 17.6. The quantitative estimate of drug-likeness (QED) is 0.562. The first-order chi connectivity index (χ1) is 12.1.